The normalized spacial score (nSPS) is 11.8. The van der Waals surface area contributed by atoms with Gasteiger partial charge in [0.1, 0.15) is 0 Å². The minimum Gasteiger partial charge on any atom is -0.264 e. The molecule has 0 saturated carbocycles. The number of aromatic nitrogens is 1. The Bertz CT molecular complexity index is 3100. The van der Waals surface area contributed by atoms with E-state index in [4.69, 9.17) is 0 Å². The van der Waals surface area contributed by atoms with Gasteiger partial charge in [0.25, 0.3) is 0 Å². The standard InChI is InChI=1S/C51H31NS/c1-2-13-32(14-3-1)48-37-16-4-6-18-39(37)49(40-19-7-5-17-38(40)48)33-25-27-46-45(29-33)36-26-24-34(30-47(36)53-46)50-41-20-8-10-22-43(41)51(35-15-12-28-52-31-35)44-23-11-9-21-42(44)50/h1-31H. The molecule has 0 bridgehead atoms. The van der Waals surface area contributed by atoms with Crippen molar-refractivity contribution < 1.29 is 0 Å². The lowest BCUT2D eigenvalue weighted by molar-refractivity contribution is 1.33. The highest BCUT2D eigenvalue weighted by Gasteiger charge is 2.19. The number of hydrogen-bond acceptors (Lipinski definition) is 2. The first kappa shape index (κ1) is 30.1. The van der Waals surface area contributed by atoms with Crippen molar-refractivity contribution in [2.45, 2.75) is 0 Å². The smallest absolute Gasteiger partial charge is 0.0361 e. The zero-order valence-electron chi connectivity index (χ0n) is 28.8. The number of thiophene rings is 1. The Morgan fingerprint density at radius 1 is 0.283 bits per heavy atom. The SMILES string of the molecule is c1ccc(-c2c3ccccc3c(-c3ccc4sc5cc(-c6c7ccccc7c(-c7cccnc7)c7ccccc67)ccc5c4c3)c3ccccc23)cc1. The second-order valence-corrected chi connectivity index (χ2v) is 14.9. The number of pyridine rings is 1. The van der Waals surface area contributed by atoms with E-state index >= 15 is 0 Å². The topological polar surface area (TPSA) is 12.9 Å². The molecular formula is C51H31NS. The third-order valence-electron chi connectivity index (χ3n) is 10.9. The van der Waals surface area contributed by atoms with Gasteiger partial charge in [-0.15, -0.1) is 11.3 Å². The Kier molecular flexibility index (Phi) is 6.80. The van der Waals surface area contributed by atoms with Crippen LogP contribution >= 0.6 is 11.3 Å². The monoisotopic (exact) mass is 689 g/mol. The van der Waals surface area contributed by atoms with Crippen molar-refractivity contribution in [2.75, 3.05) is 0 Å². The predicted octanol–water partition coefficient (Wildman–Crippen LogP) is 14.7. The van der Waals surface area contributed by atoms with E-state index in [9.17, 15) is 0 Å². The van der Waals surface area contributed by atoms with Gasteiger partial charge in [0.15, 0.2) is 0 Å². The van der Waals surface area contributed by atoms with Gasteiger partial charge < -0.3 is 0 Å². The Balaban J connectivity index is 1.13. The summed E-state index contributed by atoms with van der Waals surface area (Å²) in [5.41, 5.74) is 9.97. The average Bonchev–Trinajstić information content (AvgIpc) is 3.59. The van der Waals surface area contributed by atoms with Crippen LogP contribution in [0.3, 0.4) is 0 Å². The molecule has 0 radical (unpaired) electrons. The van der Waals surface area contributed by atoms with Crippen LogP contribution in [-0.2, 0) is 0 Å². The number of benzene rings is 9. The molecular weight excluding hydrogens is 659 g/mol. The van der Waals surface area contributed by atoms with E-state index in [1.807, 2.05) is 29.8 Å². The van der Waals surface area contributed by atoms with E-state index in [2.05, 4.69) is 175 Å². The molecule has 0 spiro atoms. The molecule has 0 amide bonds. The van der Waals surface area contributed by atoms with Gasteiger partial charge in [-0.2, -0.15) is 0 Å². The molecule has 2 aromatic heterocycles. The summed E-state index contributed by atoms with van der Waals surface area (Å²) in [6.07, 6.45) is 3.83. The highest BCUT2D eigenvalue weighted by atomic mass is 32.1. The fourth-order valence-corrected chi connectivity index (χ4v) is 9.83. The van der Waals surface area contributed by atoms with Gasteiger partial charge in [0.2, 0.25) is 0 Å². The predicted molar refractivity (Wildman–Crippen MR) is 229 cm³/mol. The number of nitrogens with zero attached hydrogens (tertiary/aromatic N) is 1. The second-order valence-electron chi connectivity index (χ2n) is 13.8. The summed E-state index contributed by atoms with van der Waals surface area (Å²) < 4.78 is 2.60. The van der Waals surface area contributed by atoms with E-state index in [-0.39, 0.29) is 0 Å². The fraction of sp³-hybridized carbons (Fsp3) is 0. The largest absolute Gasteiger partial charge is 0.264 e. The van der Waals surface area contributed by atoms with E-state index in [0.29, 0.717) is 0 Å². The summed E-state index contributed by atoms with van der Waals surface area (Å²) in [5, 5.41) is 12.7. The second kappa shape index (κ2) is 12.0. The van der Waals surface area contributed by atoms with Crippen LogP contribution in [0.5, 0.6) is 0 Å². The molecule has 0 N–H and O–H groups in total. The lowest BCUT2D eigenvalue weighted by Crippen LogP contribution is -1.91. The molecule has 0 aliphatic carbocycles. The third kappa shape index (κ3) is 4.66. The quantitative estimate of drug-likeness (QED) is 0.168. The van der Waals surface area contributed by atoms with Crippen LogP contribution in [0.15, 0.2) is 188 Å². The molecule has 0 aliphatic heterocycles. The maximum atomic E-state index is 4.48. The van der Waals surface area contributed by atoms with Gasteiger partial charge in [0.05, 0.1) is 0 Å². The van der Waals surface area contributed by atoms with Crippen molar-refractivity contribution in [1.29, 1.82) is 0 Å². The van der Waals surface area contributed by atoms with Crippen LogP contribution in [-0.4, -0.2) is 4.98 Å². The number of fused-ring (bicyclic) bond motifs is 7. The number of rotatable bonds is 4. The highest BCUT2D eigenvalue weighted by Crippen LogP contribution is 2.47. The lowest BCUT2D eigenvalue weighted by atomic mass is 9.85. The zero-order chi connectivity index (χ0) is 34.9. The molecule has 11 rings (SSSR count). The molecule has 0 atom stereocenters. The highest BCUT2D eigenvalue weighted by molar-refractivity contribution is 7.25. The molecule has 53 heavy (non-hydrogen) atoms. The van der Waals surface area contributed by atoms with Crippen molar-refractivity contribution >= 4 is 74.6 Å². The van der Waals surface area contributed by atoms with Gasteiger partial charge in [-0.25, -0.2) is 0 Å². The lowest BCUT2D eigenvalue weighted by Gasteiger charge is -2.18. The molecule has 11 aromatic rings. The zero-order valence-corrected chi connectivity index (χ0v) is 29.6. The maximum Gasteiger partial charge on any atom is 0.0361 e. The summed E-state index contributed by atoms with van der Waals surface area (Å²) in [6.45, 7) is 0. The third-order valence-corrected chi connectivity index (χ3v) is 12.1. The van der Waals surface area contributed by atoms with Crippen LogP contribution in [0.2, 0.25) is 0 Å². The van der Waals surface area contributed by atoms with Crippen LogP contribution in [0.25, 0.3) is 108 Å². The van der Waals surface area contributed by atoms with Crippen LogP contribution in [0.1, 0.15) is 0 Å². The van der Waals surface area contributed by atoms with Crippen molar-refractivity contribution in [3.05, 3.63) is 188 Å². The molecule has 2 heteroatoms. The minimum absolute atomic E-state index is 1.14. The summed E-state index contributed by atoms with van der Waals surface area (Å²) >= 11 is 1.88. The van der Waals surface area contributed by atoms with Crippen LogP contribution < -0.4 is 0 Å². The molecule has 0 aliphatic rings. The van der Waals surface area contributed by atoms with Crippen molar-refractivity contribution in [1.82, 2.24) is 4.98 Å². The Labute approximate surface area is 311 Å². The summed E-state index contributed by atoms with van der Waals surface area (Å²) in [4.78, 5) is 4.48. The average molecular weight is 690 g/mol. The molecule has 0 unspecified atom stereocenters. The Morgan fingerprint density at radius 3 is 1.23 bits per heavy atom. The maximum absolute atomic E-state index is 4.48. The first-order valence-electron chi connectivity index (χ1n) is 18.1. The van der Waals surface area contributed by atoms with Crippen molar-refractivity contribution in [3.63, 3.8) is 0 Å². The van der Waals surface area contributed by atoms with Gasteiger partial charge in [-0.05, 0) is 106 Å². The van der Waals surface area contributed by atoms with Crippen molar-refractivity contribution in [2.24, 2.45) is 0 Å². The van der Waals surface area contributed by atoms with Gasteiger partial charge >= 0.3 is 0 Å². The molecule has 1 nitrogen and oxygen atoms in total. The summed E-state index contributed by atoms with van der Waals surface area (Å²) in [7, 11) is 0. The van der Waals surface area contributed by atoms with Gasteiger partial charge in [-0.3, -0.25) is 4.98 Å². The summed E-state index contributed by atoms with van der Waals surface area (Å²) in [6, 6.07) is 64.7. The molecule has 0 fully saturated rings. The van der Waals surface area contributed by atoms with E-state index in [1.54, 1.807) is 0 Å². The first-order chi connectivity index (χ1) is 26.3. The van der Waals surface area contributed by atoms with Crippen LogP contribution in [0.4, 0.5) is 0 Å². The molecule has 9 aromatic carbocycles. The van der Waals surface area contributed by atoms with E-state index in [1.165, 1.54) is 102 Å². The Morgan fingerprint density at radius 2 is 0.717 bits per heavy atom. The fourth-order valence-electron chi connectivity index (χ4n) is 8.70. The minimum atomic E-state index is 1.14. The summed E-state index contributed by atoms with van der Waals surface area (Å²) in [5.74, 6) is 0. The van der Waals surface area contributed by atoms with Gasteiger partial charge in [0, 0.05) is 38.1 Å². The Hall–Kier alpha value is -6.61. The van der Waals surface area contributed by atoms with Crippen LogP contribution in [0, 0.1) is 0 Å². The van der Waals surface area contributed by atoms with E-state index < -0.39 is 0 Å². The first-order valence-corrected chi connectivity index (χ1v) is 18.9. The van der Waals surface area contributed by atoms with E-state index in [0.717, 1.165) is 5.56 Å². The van der Waals surface area contributed by atoms with Crippen molar-refractivity contribution in [3.8, 4) is 44.5 Å². The molecule has 246 valence electrons. The molecule has 0 saturated heterocycles. The molecule has 2 heterocycles. The number of hydrogen-bond donors (Lipinski definition) is 0. The van der Waals surface area contributed by atoms with Gasteiger partial charge in [-0.1, -0.05) is 152 Å².